The lowest BCUT2D eigenvalue weighted by Gasteiger charge is -2.33. The van der Waals surface area contributed by atoms with Crippen molar-refractivity contribution in [2.24, 2.45) is 34.0 Å². The van der Waals surface area contributed by atoms with Gasteiger partial charge in [0.15, 0.2) is 12.2 Å². The molecule has 2 heterocycles. The summed E-state index contributed by atoms with van der Waals surface area (Å²) in [7, 11) is 3.12. The Morgan fingerprint density at radius 2 is 0.703 bits per heavy atom. The van der Waals surface area contributed by atoms with Crippen LogP contribution in [0, 0.1) is 54.8 Å². The van der Waals surface area contributed by atoms with Gasteiger partial charge in [0.1, 0.15) is 24.2 Å². The molecule has 6 amide bonds. The van der Waals surface area contributed by atoms with Gasteiger partial charge < -0.3 is 65.2 Å². The summed E-state index contributed by atoms with van der Waals surface area (Å²) >= 11 is 0. The fraction of sp³-hybridized carbons (Fsp3) is 0.452. The van der Waals surface area contributed by atoms with Gasteiger partial charge in [-0.25, -0.2) is 19.9 Å². The number of carbonyl (C=O) groups is 9. The van der Waals surface area contributed by atoms with Crippen LogP contribution in [0.3, 0.4) is 0 Å². The minimum atomic E-state index is -1.81. The molecule has 0 aromatic heterocycles. The number of carboxylic acids is 1. The van der Waals surface area contributed by atoms with E-state index in [0.29, 0.717) is 51.4 Å². The van der Waals surface area contributed by atoms with Crippen molar-refractivity contribution < 1.29 is 87.0 Å². The second-order valence-electron chi connectivity index (χ2n) is 36.8. The summed E-state index contributed by atoms with van der Waals surface area (Å²) in [5.74, 6) is -11.0. The number of methoxy groups -OCH3 is 2. The Balaban J connectivity index is 0.000000296. The number of nitrogens with one attached hydrogen (secondary N) is 6. The van der Waals surface area contributed by atoms with Gasteiger partial charge in [-0.2, -0.15) is 0 Å². The quantitative estimate of drug-likeness (QED) is 0.0100. The molecular weight excluding hydrogens is 1620 g/mol. The standard InChI is InChI=1S/C38H48N2O6.C35H45N3O6.C29H37NO6.2CH4/c1-25-23-26(21-22-29(25)27-16-10-8-11-17-27)15-14-20-30(32-36(43)46-38(5,6)45-32)34(41)40-33(37(2,3)4)35(42)39-31(24-44-7)28-18-12-9-13-19-28;1-23-21-24(19-20-27(23)25-14-8-6-9-15-25)13-12-18-28(30(39)33(41)38-43)32(40)37-31(35(2,3)4)34(42)36-29(22-44-5)26-16-10-7-11-17-26;1-18-17-19(15-16-21(18)20-12-8-7-9-13-20)11-10-14-22(23-27(34)36-29(5,6)35-23)25(31)30-24(26(32)33)28(2,3)4;;/h8-13,16-19,21-23,30-33H,14-15,20,24H2,1-7H3,(H,39,42)(H,40,41);6-11,14-17,19-21,28-31,39,43H,12-13,18,22H2,1-5H3,(H,36,42)(H,37,40)(H,38,41);7-9,12-13,15-17,22-24H,10-11,14H2,1-6H3,(H,30,31)(H,32,33);2*1H4/t30-,31?,32?,33-;28-,29?,30?,31-;22-,23+,24-;;/m111../s1. The Bertz CT molecular complexity index is 4930. The summed E-state index contributed by atoms with van der Waals surface area (Å²) in [6.07, 6.45) is 0.633. The van der Waals surface area contributed by atoms with Gasteiger partial charge in [-0.05, 0) is 173 Å². The molecular formula is C104H138N6O18. The fourth-order valence-corrected chi connectivity index (χ4v) is 15.8. The number of rotatable bonds is 36. The average Bonchev–Trinajstić information content (AvgIpc) is 1.65. The molecule has 24 heteroatoms. The minimum Gasteiger partial charge on any atom is -0.480 e. The maximum absolute atomic E-state index is 14.0. The molecule has 2 aliphatic heterocycles. The van der Waals surface area contributed by atoms with E-state index in [1.54, 1.807) is 62.7 Å². The smallest absolute Gasteiger partial charge is 0.338 e. The summed E-state index contributed by atoms with van der Waals surface area (Å²) in [4.78, 5) is 118. The zero-order valence-corrected chi connectivity index (χ0v) is 76.2. The summed E-state index contributed by atoms with van der Waals surface area (Å²) in [5.41, 5.74) is 14.8. The molecule has 8 aromatic rings. The van der Waals surface area contributed by atoms with Crippen LogP contribution in [0.4, 0.5) is 0 Å². The monoisotopic (exact) mass is 1760 g/mol. The van der Waals surface area contributed by atoms with E-state index in [1.165, 1.54) is 22.2 Å². The van der Waals surface area contributed by atoms with Gasteiger partial charge in [-0.15, -0.1) is 0 Å². The number of aryl methyl sites for hydroxylation is 6. The van der Waals surface area contributed by atoms with Crippen LogP contribution < -0.4 is 32.1 Å². The van der Waals surface area contributed by atoms with Crippen LogP contribution in [0.5, 0.6) is 0 Å². The lowest BCUT2D eigenvalue weighted by Crippen LogP contribution is -2.57. The van der Waals surface area contributed by atoms with E-state index in [9.17, 15) is 58.6 Å². The lowest BCUT2D eigenvalue weighted by molar-refractivity contribution is -0.164. The molecule has 4 unspecified atom stereocenters. The van der Waals surface area contributed by atoms with Crippen molar-refractivity contribution in [3.63, 3.8) is 0 Å². The Morgan fingerprint density at radius 3 is 0.977 bits per heavy atom. The van der Waals surface area contributed by atoms with E-state index >= 15 is 0 Å². The third kappa shape index (κ3) is 30.7. The van der Waals surface area contributed by atoms with Gasteiger partial charge >= 0.3 is 17.9 Å². The average molecular weight is 1760 g/mol. The van der Waals surface area contributed by atoms with Gasteiger partial charge in [0.2, 0.25) is 41.1 Å². The van der Waals surface area contributed by atoms with Crippen LogP contribution in [-0.4, -0.2) is 144 Å². The number of esters is 2. The van der Waals surface area contributed by atoms with Crippen LogP contribution in [0.25, 0.3) is 33.4 Å². The number of amides is 6. The van der Waals surface area contributed by atoms with E-state index in [4.69, 9.17) is 28.4 Å². The summed E-state index contributed by atoms with van der Waals surface area (Å²) in [6.45, 7) is 29.6. The normalized spacial score (nSPS) is 16.6. The van der Waals surface area contributed by atoms with Crippen LogP contribution >= 0.6 is 0 Å². The van der Waals surface area contributed by atoms with Crippen molar-refractivity contribution in [2.45, 2.75) is 244 Å². The topological polar surface area (TPSA) is 342 Å². The number of cyclic esters (lactones) is 2. The number of ether oxygens (including phenoxy) is 6. The van der Waals surface area contributed by atoms with Crippen molar-refractivity contribution in [1.82, 2.24) is 32.1 Å². The molecule has 2 fully saturated rings. The van der Waals surface area contributed by atoms with Crippen LogP contribution in [0.2, 0.25) is 0 Å². The van der Waals surface area contributed by atoms with E-state index < -0.39 is 142 Å². The molecule has 2 aliphatic rings. The molecule has 10 rings (SSSR count). The molecule has 9 N–H and O–H groups in total. The van der Waals surface area contributed by atoms with Crippen molar-refractivity contribution >= 4 is 53.4 Å². The fourth-order valence-electron chi connectivity index (χ4n) is 15.8. The number of hydrogen-bond donors (Lipinski definition) is 9. The SMILES string of the molecule is C.C.COCC(NC(=O)[C@@H](NC(=O)[C@H](CCCc1ccc(-c2ccccc2)c(C)c1)C(O)C(=O)NO)C(C)(C)C)c1ccccc1.COCC(NC(=O)[C@@H](NC(=O)[C@H](CCCc1ccc(-c2ccccc2)c(C)c1)C1OC(C)(C)OC1=O)C(C)(C)C)c1ccccc1.Cc1cc(CCC[C@@H](C(=O)N[C@H](C(=O)O)C(C)(C)C)[C@@H]2OC(C)(C)OC2=O)ccc1-c1ccccc1. The number of aliphatic carboxylic acids is 1. The van der Waals surface area contributed by atoms with Gasteiger partial charge in [-0.1, -0.05) is 283 Å². The van der Waals surface area contributed by atoms with Crippen molar-refractivity contribution in [3.05, 3.63) is 251 Å². The predicted octanol–water partition coefficient (Wildman–Crippen LogP) is 17.0. The number of carbonyl (C=O) groups excluding carboxylic acids is 8. The first-order valence-corrected chi connectivity index (χ1v) is 43.2. The maximum Gasteiger partial charge on any atom is 0.338 e. The molecule has 0 saturated carbocycles. The van der Waals surface area contributed by atoms with Crippen LogP contribution in [0.15, 0.2) is 206 Å². The van der Waals surface area contributed by atoms with Crippen molar-refractivity contribution in [2.75, 3.05) is 27.4 Å². The van der Waals surface area contributed by atoms with E-state index in [-0.39, 0.29) is 40.4 Å². The van der Waals surface area contributed by atoms with E-state index in [2.05, 4.69) is 125 Å². The first-order chi connectivity index (χ1) is 59.5. The van der Waals surface area contributed by atoms with Crippen molar-refractivity contribution in [3.8, 4) is 33.4 Å². The molecule has 8 aromatic carbocycles. The van der Waals surface area contributed by atoms with Gasteiger partial charge in [0, 0.05) is 41.9 Å². The Hall–Kier alpha value is -11.3. The van der Waals surface area contributed by atoms with Crippen LogP contribution in [0.1, 0.15) is 200 Å². The molecule has 11 atom stereocenters. The number of benzene rings is 8. The highest BCUT2D eigenvalue weighted by Gasteiger charge is 2.51. The molecule has 692 valence electrons. The molecule has 0 bridgehead atoms. The zero-order chi connectivity index (χ0) is 92.4. The maximum atomic E-state index is 14.0. The predicted molar refractivity (Wildman–Crippen MR) is 499 cm³/mol. The Kier molecular flexibility index (Phi) is 39.8. The second kappa shape index (κ2) is 48.2. The van der Waals surface area contributed by atoms with Gasteiger partial charge in [0.05, 0.1) is 43.1 Å². The number of aliphatic hydroxyl groups is 1. The Morgan fingerprint density at radius 1 is 0.406 bits per heavy atom. The number of carboxylic acid groups (broad SMARTS) is 1. The van der Waals surface area contributed by atoms with Gasteiger partial charge in [0.25, 0.3) is 5.91 Å². The van der Waals surface area contributed by atoms with E-state index in [0.717, 1.165) is 61.2 Å². The Labute approximate surface area is 757 Å². The molecule has 0 radical (unpaired) electrons. The van der Waals surface area contributed by atoms with Crippen LogP contribution in [-0.2, 0) is 90.8 Å². The highest BCUT2D eigenvalue weighted by molar-refractivity contribution is 5.94. The second-order valence-corrected chi connectivity index (χ2v) is 36.8. The number of hydrogen-bond acceptors (Lipinski definition) is 17. The first-order valence-electron chi connectivity index (χ1n) is 43.2. The highest BCUT2D eigenvalue weighted by Crippen LogP contribution is 2.37. The molecule has 128 heavy (non-hydrogen) atoms. The van der Waals surface area contributed by atoms with Crippen molar-refractivity contribution in [1.29, 1.82) is 0 Å². The first kappa shape index (κ1) is 106. The highest BCUT2D eigenvalue weighted by atomic mass is 16.8. The lowest BCUT2D eigenvalue weighted by atomic mass is 9.84. The minimum absolute atomic E-state index is 0. The molecule has 2 saturated heterocycles. The van der Waals surface area contributed by atoms with E-state index in [1.807, 2.05) is 170 Å². The molecule has 0 spiro atoms. The summed E-state index contributed by atoms with van der Waals surface area (Å²) in [5, 5.41) is 44.0. The summed E-state index contributed by atoms with van der Waals surface area (Å²) in [6, 6.07) is 64.5. The number of aliphatic hydroxyl groups excluding tert-OH is 1. The third-order valence-corrected chi connectivity index (χ3v) is 22.5. The number of hydroxylamine groups is 1. The molecule has 0 aliphatic carbocycles. The van der Waals surface area contributed by atoms with Gasteiger partial charge in [-0.3, -0.25) is 34.0 Å². The third-order valence-electron chi connectivity index (χ3n) is 22.5. The zero-order valence-electron chi connectivity index (χ0n) is 76.2. The largest absolute Gasteiger partial charge is 0.480 e. The molecule has 24 nitrogen and oxygen atoms in total. The summed E-state index contributed by atoms with van der Waals surface area (Å²) < 4.78 is 33.2.